The third kappa shape index (κ3) is 3.89. The molecule has 0 saturated carbocycles. The number of nitrogens with zero attached hydrogens (tertiary/aromatic N) is 2. The summed E-state index contributed by atoms with van der Waals surface area (Å²) in [6, 6.07) is 5.30. The van der Waals surface area contributed by atoms with Gasteiger partial charge in [-0.1, -0.05) is 6.07 Å². The first-order valence-electron chi connectivity index (χ1n) is 7.17. The molecule has 0 radical (unpaired) electrons. The maximum absolute atomic E-state index is 13.3. The van der Waals surface area contributed by atoms with Gasteiger partial charge in [0, 0.05) is 36.0 Å². The van der Waals surface area contributed by atoms with E-state index in [2.05, 4.69) is 31.2 Å². The maximum atomic E-state index is 13.3. The molecule has 4 nitrogen and oxygen atoms in total. The van der Waals surface area contributed by atoms with Crippen LogP contribution in [0.1, 0.15) is 49.5 Å². The number of nitrogens with one attached hydrogen (secondary N) is 1. The fourth-order valence-corrected chi connectivity index (χ4v) is 2.11. The minimum absolute atomic E-state index is 0.153. The summed E-state index contributed by atoms with van der Waals surface area (Å²) in [4.78, 5) is 0. The third-order valence-corrected chi connectivity index (χ3v) is 3.54. The highest BCUT2D eigenvalue weighted by atomic mass is 19.1. The van der Waals surface area contributed by atoms with Crippen molar-refractivity contribution in [1.82, 2.24) is 15.1 Å². The number of benzene rings is 1. The first-order valence-corrected chi connectivity index (χ1v) is 7.17. The number of hydrogen-bond donors (Lipinski definition) is 2. The van der Waals surface area contributed by atoms with Crippen LogP contribution in [0.3, 0.4) is 0 Å². The van der Waals surface area contributed by atoms with E-state index in [0.717, 1.165) is 11.1 Å². The van der Waals surface area contributed by atoms with Crippen molar-refractivity contribution in [1.29, 1.82) is 0 Å². The standard InChI is InChI=1S/C16H22FN3O/c1-11(2)20-9-15(8-19-20)12(3)18-7-13-4-5-16(17)14(6-13)10-21/h4-6,8-9,11-12,18,21H,7,10H2,1-3H3/t12-/m1/s1. The van der Waals surface area contributed by atoms with E-state index < -0.39 is 0 Å². The zero-order valence-corrected chi connectivity index (χ0v) is 12.7. The molecule has 0 amide bonds. The zero-order valence-electron chi connectivity index (χ0n) is 12.7. The van der Waals surface area contributed by atoms with Gasteiger partial charge in [0.05, 0.1) is 12.8 Å². The molecule has 2 rings (SSSR count). The predicted molar refractivity (Wildman–Crippen MR) is 80.2 cm³/mol. The molecular weight excluding hydrogens is 269 g/mol. The predicted octanol–water partition coefficient (Wildman–Crippen LogP) is 2.95. The minimum Gasteiger partial charge on any atom is -0.392 e. The van der Waals surface area contributed by atoms with Gasteiger partial charge >= 0.3 is 0 Å². The topological polar surface area (TPSA) is 50.1 Å². The van der Waals surface area contributed by atoms with Crippen molar-refractivity contribution in [2.45, 2.75) is 46.0 Å². The van der Waals surface area contributed by atoms with Gasteiger partial charge in [-0.05, 0) is 38.5 Å². The number of rotatable bonds is 6. The highest BCUT2D eigenvalue weighted by Crippen LogP contribution is 2.15. The van der Waals surface area contributed by atoms with E-state index in [9.17, 15) is 4.39 Å². The Hall–Kier alpha value is -1.72. The lowest BCUT2D eigenvalue weighted by atomic mass is 10.1. The van der Waals surface area contributed by atoms with Crippen LogP contribution in [0.25, 0.3) is 0 Å². The third-order valence-electron chi connectivity index (χ3n) is 3.54. The quantitative estimate of drug-likeness (QED) is 0.860. The van der Waals surface area contributed by atoms with Gasteiger partial charge in [-0.25, -0.2) is 4.39 Å². The number of aromatic nitrogens is 2. The monoisotopic (exact) mass is 291 g/mol. The van der Waals surface area contributed by atoms with Crippen LogP contribution in [0.5, 0.6) is 0 Å². The average Bonchev–Trinajstić information content (AvgIpc) is 2.96. The van der Waals surface area contributed by atoms with Crippen molar-refractivity contribution in [3.8, 4) is 0 Å². The van der Waals surface area contributed by atoms with Gasteiger partial charge in [-0.3, -0.25) is 4.68 Å². The average molecular weight is 291 g/mol. The molecule has 0 fully saturated rings. The van der Waals surface area contributed by atoms with Crippen LogP contribution in [0.4, 0.5) is 4.39 Å². The number of aliphatic hydroxyl groups excluding tert-OH is 1. The van der Waals surface area contributed by atoms with E-state index in [1.54, 1.807) is 12.1 Å². The first-order chi connectivity index (χ1) is 10.0. The fraction of sp³-hybridized carbons (Fsp3) is 0.438. The molecule has 114 valence electrons. The molecule has 2 N–H and O–H groups in total. The zero-order chi connectivity index (χ0) is 15.4. The van der Waals surface area contributed by atoms with Gasteiger partial charge in [0.15, 0.2) is 0 Å². The van der Waals surface area contributed by atoms with Gasteiger partial charge < -0.3 is 10.4 Å². The van der Waals surface area contributed by atoms with E-state index in [4.69, 9.17) is 5.11 Å². The van der Waals surface area contributed by atoms with E-state index in [1.165, 1.54) is 6.07 Å². The van der Waals surface area contributed by atoms with E-state index in [0.29, 0.717) is 18.2 Å². The molecular formula is C16H22FN3O. The number of halogens is 1. The summed E-state index contributed by atoms with van der Waals surface area (Å²) in [6.07, 6.45) is 3.90. The molecule has 1 heterocycles. The Morgan fingerprint density at radius 2 is 2.10 bits per heavy atom. The van der Waals surface area contributed by atoms with Gasteiger partial charge in [0.25, 0.3) is 0 Å². The summed E-state index contributed by atoms with van der Waals surface area (Å²) in [5, 5.41) is 16.8. The Labute approximate surface area is 124 Å². The van der Waals surface area contributed by atoms with Crippen molar-refractivity contribution in [2.75, 3.05) is 0 Å². The highest BCUT2D eigenvalue weighted by molar-refractivity contribution is 5.24. The van der Waals surface area contributed by atoms with Crippen molar-refractivity contribution < 1.29 is 9.50 Å². The van der Waals surface area contributed by atoms with Gasteiger partial charge in [0.1, 0.15) is 5.82 Å². The van der Waals surface area contributed by atoms with Gasteiger partial charge in [-0.2, -0.15) is 5.10 Å². The van der Waals surface area contributed by atoms with Crippen LogP contribution >= 0.6 is 0 Å². The Morgan fingerprint density at radius 1 is 1.33 bits per heavy atom. The number of aliphatic hydroxyl groups is 1. The second kappa shape index (κ2) is 6.83. The maximum Gasteiger partial charge on any atom is 0.128 e. The molecule has 0 aliphatic rings. The molecule has 0 spiro atoms. The van der Waals surface area contributed by atoms with Crippen LogP contribution < -0.4 is 5.32 Å². The molecule has 1 atom stereocenters. The van der Waals surface area contributed by atoms with Crippen LogP contribution in [0.15, 0.2) is 30.6 Å². The second-order valence-electron chi connectivity index (χ2n) is 5.53. The highest BCUT2D eigenvalue weighted by Gasteiger charge is 2.10. The van der Waals surface area contributed by atoms with Crippen LogP contribution in [0.2, 0.25) is 0 Å². The first kappa shape index (κ1) is 15.7. The van der Waals surface area contributed by atoms with E-state index in [1.807, 2.05) is 17.1 Å². The van der Waals surface area contributed by atoms with Crippen LogP contribution in [-0.2, 0) is 13.2 Å². The molecule has 0 saturated heterocycles. The lowest BCUT2D eigenvalue weighted by Gasteiger charge is -2.13. The second-order valence-corrected chi connectivity index (χ2v) is 5.53. The molecule has 2 aromatic rings. The van der Waals surface area contributed by atoms with Crippen LogP contribution in [-0.4, -0.2) is 14.9 Å². The van der Waals surface area contributed by atoms with Crippen LogP contribution in [0, 0.1) is 5.82 Å². The SMILES string of the molecule is CC(C)n1cc([C@@H](C)NCc2ccc(F)c(CO)c2)cn1. The Morgan fingerprint density at radius 3 is 2.71 bits per heavy atom. The molecule has 0 unspecified atom stereocenters. The Bertz CT molecular complexity index is 595. The molecule has 0 bridgehead atoms. The molecule has 1 aromatic carbocycles. The van der Waals surface area contributed by atoms with Gasteiger partial charge in [-0.15, -0.1) is 0 Å². The van der Waals surface area contributed by atoms with Crippen molar-refractivity contribution in [2.24, 2.45) is 0 Å². The molecule has 21 heavy (non-hydrogen) atoms. The summed E-state index contributed by atoms with van der Waals surface area (Å²) in [5.74, 6) is -0.368. The normalized spacial score (nSPS) is 12.9. The van der Waals surface area contributed by atoms with E-state index >= 15 is 0 Å². The summed E-state index contributed by atoms with van der Waals surface area (Å²) >= 11 is 0. The van der Waals surface area contributed by atoms with Gasteiger partial charge in [0.2, 0.25) is 0 Å². The van der Waals surface area contributed by atoms with Crippen molar-refractivity contribution >= 4 is 0 Å². The van der Waals surface area contributed by atoms with Crippen molar-refractivity contribution in [3.63, 3.8) is 0 Å². The lowest BCUT2D eigenvalue weighted by molar-refractivity contribution is 0.275. The molecule has 0 aliphatic heterocycles. The summed E-state index contributed by atoms with van der Waals surface area (Å²) < 4.78 is 15.2. The summed E-state index contributed by atoms with van der Waals surface area (Å²) in [6.45, 7) is 6.57. The summed E-state index contributed by atoms with van der Waals surface area (Å²) in [7, 11) is 0. The van der Waals surface area contributed by atoms with Crippen molar-refractivity contribution in [3.05, 3.63) is 53.1 Å². The lowest BCUT2D eigenvalue weighted by Crippen LogP contribution is -2.18. The number of hydrogen-bond acceptors (Lipinski definition) is 3. The molecule has 5 heteroatoms. The Balaban J connectivity index is 1.98. The summed E-state index contributed by atoms with van der Waals surface area (Å²) in [5.41, 5.74) is 2.39. The smallest absolute Gasteiger partial charge is 0.128 e. The molecule has 1 aromatic heterocycles. The Kier molecular flexibility index (Phi) is 5.09. The minimum atomic E-state index is -0.368. The molecule has 0 aliphatic carbocycles. The van der Waals surface area contributed by atoms with E-state index in [-0.39, 0.29) is 18.5 Å². The largest absolute Gasteiger partial charge is 0.392 e. The fourth-order valence-electron chi connectivity index (χ4n) is 2.11.